The molecule has 3 aromatic rings. The second kappa shape index (κ2) is 11.9. The zero-order valence-electron chi connectivity index (χ0n) is 20.3. The van der Waals surface area contributed by atoms with Crippen molar-refractivity contribution in [1.29, 1.82) is 0 Å². The molecular weight excluding hydrogens is 460 g/mol. The zero-order valence-corrected chi connectivity index (χ0v) is 21.1. The first-order chi connectivity index (χ1) is 17.1. The summed E-state index contributed by atoms with van der Waals surface area (Å²) in [6, 6.07) is 17.1. The van der Waals surface area contributed by atoms with Gasteiger partial charge in [-0.05, 0) is 69.5 Å². The maximum absolute atomic E-state index is 12.7. The number of piperidine rings is 1. The van der Waals surface area contributed by atoms with Crippen molar-refractivity contribution in [2.75, 3.05) is 42.1 Å². The average Bonchev–Trinajstić information content (AvgIpc) is 3.33. The van der Waals surface area contributed by atoms with Crippen molar-refractivity contribution in [2.45, 2.75) is 38.3 Å². The second-order valence-electron chi connectivity index (χ2n) is 8.39. The molecule has 35 heavy (non-hydrogen) atoms. The number of benzene rings is 2. The number of hydrogen-bond donors (Lipinski definition) is 1. The van der Waals surface area contributed by atoms with Gasteiger partial charge in [0.25, 0.3) is 5.91 Å². The van der Waals surface area contributed by atoms with Crippen LogP contribution in [-0.4, -0.2) is 63.4 Å². The number of anilines is 2. The SMILES string of the molecule is CCN(CC)C(=O)c1ccc(NC(=O)CSc2nnc(N3CCCCC3)n2-c2ccccc2)cc1. The van der Waals surface area contributed by atoms with E-state index in [0.29, 0.717) is 29.5 Å². The number of aromatic nitrogens is 3. The Labute approximate surface area is 210 Å². The molecule has 2 aromatic carbocycles. The lowest BCUT2D eigenvalue weighted by Crippen LogP contribution is -2.31. The summed E-state index contributed by atoms with van der Waals surface area (Å²) in [5.41, 5.74) is 2.25. The Balaban J connectivity index is 1.42. The van der Waals surface area contributed by atoms with E-state index in [4.69, 9.17) is 0 Å². The number of nitrogens with one attached hydrogen (secondary N) is 1. The van der Waals surface area contributed by atoms with Crippen LogP contribution in [0.4, 0.5) is 11.6 Å². The third-order valence-corrected chi connectivity index (χ3v) is 7.00. The second-order valence-corrected chi connectivity index (χ2v) is 9.34. The summed E-state index contributed by atoms with van der Waals surface area (Å²) >= 11 is 1.36. The summed E-state index contributed by atoms with van der Waals surface area (Å²) in [6.07, 6.45) is 3.53. The summed E-state index contributed by atoms with van der Waals surface area (Å²) in [4.78, 5) is 29.2. The summed E-state index contributed by atoms with van der Waals surface area (Å²) in [5.74, 6) is 0.880. The molecule has 1 saturated heterocycles. The predicted octanol–water partition coefficient (Wildman–Crippen LogP) is 4.47. The molecule has 0 saturated carbocycles. The average molecular weight is 493 g/mol. The van der Waals surface area contributed by atoms with Crippen LogP contribution in [0.5, 0.6) is 0 Å². The van der Waals surface area contributed by atoms with E-state index in [1.54, 1.807) is 29.2 Å². The van der Waals surface area contributed by atoms with Gasteiger partial charge in [-0.1, -0.05) is 30.0 Å². The van der Waals surface area contributed by atoms with Crippen molar-refractivity contribution in [3.63, 3.8) is 0 Å². The Kier molecular flexibility index (Phi) is 8.41. The quantitative estimate of drug-likeness (QED) is 0.444. The Morgan fingerprint density at radius 3 is 2.29 bits per heavy atom. The minimum atomic E-state index is -0.139. The molecule has 1 aliphatic heterocycles. The number of carbonyl (C=O) groups excluding carboxylic acids is 2. The van der Waals surface area contributed by atoms with Crippen molar-refractivity contribution >= 4 is 35.2 Å². The van der Waals surface area contributed by atoms with E-state index in [0.717, 1.165) is 37.6 Å². The molecular formula is C26H32N6O2S. The monoisotopic (exact) mass is 492 g/mol. The molecule has 1 N–H and O–H groups in total. The number of rotatable bonds is 9. The molecule has 0 atom stereocenters. The molecule has 8 nitrogen and oxygen atoms in total. The van der Waals surface area contributed by atoms with Crippen LogP contribution < -0.4 is 10.2 Å². The molecule has 4 rings (SSSR count). The summed E-state index contributed by atoms with van der Waals surface area (Å²) < 4.78 is 2.04. The van der Waals surface area contributed by atoms with Crippen LogP contribution in [0.2, 0.25) is 0 Å². The van der Waals surface area contributed by atoms with Gasteiger partial charge in [-0.25, -0.2) is 0 Å². The highest BCUT2D eigenvalue weighted by molar-refractivity contribution is 7.99. The smallest absolute Gasteiger partial charge is 0.253 e. The van der Waals surface area contributed by atoms with Gasteiger partial charge in [0.15, 0.2) is 5.16 Å². The van der Waals surface area contributed by atoms with E-state index in [1.165, 1.54) is 18.2 Å². The minimum absolute atomic E-state index is 0.00631. The summed E-state index contributed by atoms with van der Waals surface area (Å²) in [5, 5.41) is 12.5. The first kappa shape index (κ1) is 24.8. The van der Waals surface area contributed by atoms with Crippen LogP contribution in [0, 0.1) is 0 Å². The van der Waals surface area contributed by atoms with Gasteiger partial charge in [0.05, 0.1) is 11.4 Å². The van der Waals surface area contributed by atoms with Crippen LogP contribution in [0.25, 0.3) is 5.69 Å². The topological polar surface area (TPSA) is 83.4 Å². The van der Waals surface area contributed by atoms with Gasteiger partial charge in [-0.3, -0.25) is 14.2 Å². The first-order valence-electron chi connectivity index (χ1n) is 12.2. The highest BCUT2D eigenvalue weighted by Crippen LogP contribution is 2.28. The maximum Gasteiger partial charge on any atom is 0.253 e. The molecule has 0 unspecified atom stereocenters. The largest absolute Gasteiger partial charge is 0.341 e. The fourth-order valence-electron chi connectivity index (χ4n) is 4.17. The molecule has 0 radical (unpaired) electrons. The van der Waals surface area contributed by atoms with E-state index in [9.17, 15) is 9.59 Å². The lowest BCUT2D eigenvalue weighted by molar-refractivity contribution is -0.113. The van der Waals surface area contributed by atoms with Crippen LogP contribution in [0.15, 0.2) is 59.8 Å². The van der Waals surface area contributed by atoms with Crippen LogP contribution in [0.3, 0.4) is 0 Å². The predicted molar refractivity (Wildman–Crippen MR) is 140 cm³/mol. The molecule has 9 heteroatoms. The summed E-state index contributed by atoms with van der Waals surface area (Å²) in [7, 11) is 0. The van der Waals surface area contributed by atoms with Crippen molar-refractivity contribution in [2.24, 2.45) is 0 Å². The molecule has 2 amide bonds. The first-order valence-corrected chi connectivity index (χ1v) is 13.2. The van der Waals surface area contributed by atoms with Crippen LogP contribution in [0.1, 0.15) is 43.5 Å². The molecule has 1 aliphatic rings. The lowest BCUT2D eigenvalue weighted by Gasteiger charge is -2.27. The maximum atomic E-state index is 12.7. The molecule has 1 aromatic heterocycles. The van der Waals surface area contributed by atoms with E-state index >= 15 is 0 Å². The number of hydrogen-bond acceptors (Lipinski definition) is 6. The number of thioether (sulfide) groups is 1. The van der Waals surface area contributed by atoms with Gasteiger partial charge >= 0.3 is 0 Å². The fraction of sp³-hybridized carbons (Fsp3) is 0.385. The van der Waals surface area contributed by atoms with Gasteiger partial charge in [0.1, 0.15) is 0 Å². The van der Waals surface area contributed by atoms with E-state index in [1.807, 2.05) is 48.7 Å². The van der Waals surface area contributed by atoms with Gasteiger partial charge in [-0.15, -0.1) is 10.2 Å². The van der Waals surface area contributed by atoms with Crippen molar-refractivity contribution < 1.29 is 9.59 Å². The number of nitrogens with zero attached hydrogens (tertiary/aromatic N) is 5. The molecule has 0 bridgehead atoms. The highest BCUT2D eigenvalue weighted by Gasteiger charge is 2.22. The van der Waals surface area contributed by atoms with E-state index in [2.05, 4.69) is 20.4 Å². The third-order valence-electron chi connectivity index (χ3n) is 6.07. The Hall–Kier alpha value is -3.33. The standard InChI is InChI=1S/C26H32N6O2S/c1-3-30(4-2)24(34)20-13-15-21(16-14-20)27-23(33)19-35-26-29-28-25(31-17-9-6-10-18-31)32(26)22-11-7-5-8-12-22/h5,7-8,11-16H,3-4,6,9-10,17-19H2,1-2H3,(H,27,33). The van der Waals surface area contributed by atoms with Gasteiger partial charge in [0, 0.05) is 37.4 Å². The van der Waals surface area contributed by atoms with E-state index < -0.39 is 0 Å². The normalized spacial score (nSPS) is 13.5. The van der Waals surface area contributed by atoms with Gasteiger partial charge < -0.3 is 15.1 Å². The van der Waals surface area contributed by atoms with Gasteiger partial charge in [0.2, 0.25) is 11.9 Å². The van der Waals surface area contributed by atoms with E-state index in [-0.39, 0.29) is 17.6 Å². The highest BCUT2D eigenvalue weighted by atomic mass is 32.2. The van der Waals surface area contributed by atoms with Crippen molar-refractivity contribution in [3.8, 4) is 5.69 Å². The minimum Gasteiger partial charge on any atom is -0.341 e. The van der Waals surface area contributed by atoms with Crippen LogP contribution >= 0.6 is 11.8 Å². The van der Waals surface area contributed by atoms with Crippen LogP contribution in [-0.2, 0) is 4.79 Å². The number of para-hydroxylation sites is 1. The molecule has 184 valence electrons. The Bertz CT molecular complexity index is 1120. The van der Waals surface area contributed by atoms with Gasteiger partial charge in [-0.2, -0.15) is 0 Å². The third kappa shape index (κ3) is 6.03. The molecule has 2 heterocycles. The number of amides is 2. The molecule has 0 spiro atoms. The lowest BCUT2D eigenvalue weighted by atomic mass is 10.1. The van der Waals surface area contributed by atoms with Crippen molar-refractivity contribution in [1.82, 2.24) is 19.7 Å². The molecule has 1 fully saturated rings. The molecule has 0 aliphatic carbocycles. The zero-order chi connectivity index (χ0) is 24.6. The Morgan fingerprint density at radius 1 is 0.943 bits per heavy atom. The number of carbonyl (C=O) groups is 2. The Morgan fingerprint density at radius 2 is 1.63 bits per heavy atom. The summed E-state index contributed by atoms with van der Waals surface area (Å²) in [6.45, 7) is 7.17. The van der Waals surface area contributed by atoms with Crippen molar-refractivity contribution in [3.05, 3.63) is 60.2 Å². The fourth-order valence-corrected chi connectivity index (χ4v) is 4.92.